The predicted molar refractivity (Wildman–Crippen MR) is 121 cm³/mol. The third kappa shape index (κ3) is 4.34. The number of carbonyl (C=O) groups is 1. The molecule has 3 atom stereocenters. The number of hydrogen-bond donors (Lipinski definition) is 2. The number of aryl methyl sites for hydroxylation is 1. The predicted octanol–water partition coefficient (Wildman–Crippen LogP) is 3.47. The van der Waals surface area contributed by atoms with Crippen molar-refractivity contribution in [2.24, 2.45) is 11.8 Å². The van der Waals surface area contributed by atoms with E-state index in [1.165, 1.54) is 10.4 Å². The Bertz CT molecular complexity index is 758. The Kier molecular flexibility index (Phi) is 6.59. The van der Waals surface area contributed by atoms with E-state index in [2.05, 4.69) is 30.1 Å². The van der Waals surface area contributed by atoms with Gasteiger partial charge in [-0.3, -0.25) is 4.79 Å². The third-order valence-electron chi connectivity index (χ3n) is 7.43. The molecule has 1 aliphatic carbocycles. The lowest BCUT2D eigenvalue weighted by molar-refractivity contribution is -0.133. The first-order valence-corrected chi connectivity index (χ1v) is 12.6. The summed E-state index contributed by atoms with van der Waals surface area (Å²) in [7, 11) is 0. The summed E-state index contributed by atoms with van der Waals surface area (Å²) < 4.78 is 6.47. The van der Waals surface area contributed by atoms with Gasteiger partial charge in [0.15, 0.2) is 0 Å². The standard InChI is InChI=1S/C24H38N2O3S/c1-5-19-12-20-21(30-19)6-9-29-24(20)7-8-26(16(4)13-24)14-17-10-18(11-17)25-23(28)22(27)15(2)3/h12,15-18,22,27H,5-11,13-14H2,1-4H3,(H,25,28)/t16-,17?,18?,22?,24+/m0/s1. The molecule has 3 aliphatic rings. The van der Waals surface area contributed by atoms with E-state index in [0.29, 0.717) is 12.0 Å². The molecule has 1 amide bonds. The quantitative estimate of drug-likeness (QED) is 0.720. The largest absolute Gasteiger partial charge is 0.383 e. The van der Waals surface area contributed by atoms with Crippen molar-refractivity contribution in [3.63, 3.8) is 0 Å². The average Bonchev–Trinajstić information content (AvgIpc) is 3.12. The van der Waals surface area contributed by atoms with Crippen LogP contribution in [-0.2, 0) is 28.0 Å². The minimum atomic E-state index is -0.895. The van der Waals surface area contributed by atoms with Crippen molar-refractivity contribution in [1.82, 2.24) is 10.2 Å². The number of rotatable bonds is 6. The monoisotopic (exact) mass is 434 g/mol. The molecule has 0 aromatic carbocycles. The average molecular weight is 435 g/mol. The van der Waals surface area contributed by atoms with Gasteiger partial charge in [0, 0.05) is 41.3 Å². The fraction of sp³-hybridized carbons (Fsp3) is 0.792. The van der Waals surface area contributed by atoms with Crippen LogP contribution in [0.1, 0.15) is 68.7 Å². The number of fused-ring (bicyclic) bond motifs is 2. The molecule has 168 valence electrons. The van der Waals surface area contributed by atoms with Crippen molar-refractivity contribution in [3.8, 4) is 0 Å². The van der Waals surface area contributed by atoms with Crippen molar-refractivity contribution in [2.75, 3.05) is 19.7 Å². The second-order valence-corrected chi connectivity index (χ2v) is 11.2. The van der Waals surface area contributed by atoms with E-state index in [1.54, 1.807) is 4.88 Å². The zero-order chi connectivity index (χ0) is 21.5. The number of aliphatic hydroxyl groups excluding tert-OH is 1. The van der Waals surface area contributed by atoms with Crippen LogP contribution in [0.3, 0.4) is 0 Å². The highest BCUT2D eigenvalue weighted by Gasteiger charge is 2.45. The summed E-state index contributed by atoms with van der Waals surface area (Å²) in [6.07, 6.45) is 5.49. The van der Waals surface area contributed by atoms with Gasteiger partial charge in [0.25, 0.3) is 0 Å². The van der Waals surface area contributed by atoms with E-state index in [-0.39, 0.29) is 23.5 Å². The molecule has 1 saturated carbocycles. The van der Waals surface area contributed by atoms with Gasteiger partial charge in [-0.05, 0) is 62.5 Å². The summed E-state index contributed by atoms with van der Waals surface area (Å²) in [6, 6.07) is 3.16. The van der Waals surface area contributed by atoms with Gasteiger partial charge in [-0.1, -0.05) is 20.8 Å². The topological polar surface area (TPSA) is 61.8 Å². The van der Waals surface area contributed by atoms with Crippen LogP contribution in [0.25, 0.3) is 0 Å². The van der Waals surface area contributed by atoms with Crippen molar-refractivity contribution >= 4 is 17.2 Å². The molecule has 1 aromatic heterocycles. The fourth-order valence-corrected chi connectivity index (χ4v) is 6.65. The molecule has 4 rings (SSSR count). The molecule has 0 radical (unpaired) electrons. The van der Waals surface area contributed by atoms with Crippen LogP contribution in [0.15, 0.2) is 6.07 Å². The molecule has 1 saturated heterocycles. The van der Waals surface area contributed by atoms with E-state index in [9.17, 15) is 9.90 Å². The van der Waals surface area contributed by atoms with Crippen LogP contribution in [0.5, 0.6) is 0 Å². The first-order chi connectivity index (χ1) is 14.3. The Morgan fingerprint density at radius 3 is 2.87 bits per heavy atom. The highest BCUT2D eigenvalue weighted by Crippen LogP contribution is 2.46. The van der Waals surface area contributed by atoms with Crippen molar-refractivity contribution in [2.45, 2.75) is 90.0 Å². The van der Waals surface area contributed by atoms with Crippen LogP contribution in [0, 0.1) is 11.8 Å². The molecule has 1 aromatic rings. The lowest BCUT2D eigenvalue weighted by atomic mass is 9.76. The van der Waals surface area contributed by atoms with E-state index in [4.69, 9.17) is 4.74 Å². The number of amides is 1. The maximum absolute atomic E-state index is 12.0. The van der Waals surface area contributed by atoms with Crippen LogP contribution in [0.4, 0.5) is 0 Å². The van der Waals surface area contributed by atoms with Gasteiger partial charge in [-0.2, -0.15) is 0 Å². The molecule has 0 bridgehead atoms. The molecular formula is C24H38N2O3S. The van der Waals surface area contributed by atoms with Gasteiger partial charge < -0.3 is 20.1 Å². The van der Waals surface area contributed by atoms with Gasteiger partial charge in [0.1, 0.15) is 6.10 Å². The number of ether oxygens (including phenoxy) is 1. The second kappa shape index (κ2) is 8.89. The minimum Gasteiger partial charge on any atom is -0.383 e. The minimum absolute atomic E-state index is 0.0402. The number of aliphatic hydroxyl groups is 1. The highest BCUT2D eigenvalue weighted by molar-refractivity contribution is 7.12. The Morgan fingerprint density at radius 1 is 1.43 bits per heavy atom. The summed E-state index contributed by atoms with van der Waals surface area (Å²) >= 11 is 1.99. The number of nitrogens with zero attached hydrogens (tertiary/aromatic N) is 1. The fourth-order valence-electron chi connectivity index (χ4n) is 5.47. The zero-order valence-corrected chi connectivity index (χ0v) is 19.8. The molecular weight excluding hydrogens is 396 g/mol. The number of piperidine rings is 1. The Hall–Kier alpha value is -0.950. The van der Waals surface area contributed by atoms with E-state index < -0.39 is 6.10 Å². The summed E-state index contributed by atoms with van der Waals surface area (Å²) in [5.74, 6) is 0.384. The number of nitrogens with one attached hydrogen (secondary N) is 1. The number of thiophene rings is 1. The van der Waals surface area contributed by atoms with Crippen molar-refractivity contribution in [3.05, 3.63) is 21.4 Å². The zero-order valence-electron chi connectivity index (χ0n) is 18.9. The van der Waals surface area contributed by atoms with E-state index in [1.807, 2.05) is 25.2 Å². The molecule has 30 heavy (non-hydrogen) atoms. The summed E-state index contributed by atoms with van der Waals surface area (Å²) in [5, 5.41) is 12.9. The smallest absolute Gasteiger partial charge is 0.249 e. The maximum Gasteiger partial charge on any atom is 0.249 e. The first kappa shape index (κ1) is 22.3. The normalized spacial score (nSPS) is 32.7. The van der Waals surface area contributed by atoms with Crippen LogP contribution in [-0.4, -0.2) is 53.8 Å². The first-order valence-electron chi connectivity index (χ1n) is 11.8. The number of hydrogen-bond acceptors (Lipinski definition) is 5. The van der Waals surface area contributed by atoms with E-state index >= 15 is 0 Å². The molecule has 1 spiro atoms. The number of carbonyl (C=O) groups excluding carboxylic acids is 1. The Morgan fingerprint density at radius 2 is 2.20 bits per heavy atom. The van der Waals surface area contributed by atoms with Crippen LogP contribution in [0.2, 0.25) is 0 Å². The van der Waals surface area contributed by atoms with Gasteiger partial charge in [-0.25, -0.2) is 0 Å². The molecule has 3 heterocycles. The molecule has 6 heteroatoms. The SMILES string of the molecule is CCc1cc2c(s1)CCO[C@@]21CCN(CC2CC(NC(=O)C(O)C(C)C)C2)[C@@H](C)C1. The molecule has 2 N–H and O–H groups in total. The van der Waals surface area contributed by atoms with E-state index in [0.717, 1.165) is 58.2 Å². The highest BCUT2D eigenvalue weighted by atomic mass is 32.1. The number of likely N-dealkylation sites (tertiary alicyclic amines) is 1. The Balaban J connectivity index is 1.29. The van der Waals surface area contributed by atoms with Gasteiger partial charge >= 0.3 is 0 Å². The van der Waals surface area contributed by atoms with Crippen LogP contribution >= 0.6 is 11.3 Å². The van der Waals surface area contributed by atoms with Gasteiger partial charge in [-0.15, -0.1) is 11.3 Å². The molecule has 2 aliphatic heterocycles. The van der Waals surface area contributed by atoms with Crippen molar-refractivity contribution in [1.29, 1.82) is 0 Å². The van der Waals surface area contributed by atoms with Gasteiger partial charge in [0.05, 0.1) is 12.2 Å². The van der Waals surface area contributed by atoms with Crippen molar-refractivity contribution < 1.29 is 14.6 Å². The molecule has 1 unspecified atom stereocenters. The third-order valence-corrected chi connectivity index (χ3v) is 8.77. The summed E-state index contributed by atoms with van der Waals surface area (Å²) in [5.41, 5.74) is 1.41. The molecule has 5 nitrogen and oxygen atoms in total. The molecule has 2 fully saturated rings. The lowest BCUT2D eigenvalue weighted by Gasteiger charge is -2.49. The summed E-state index contributed by atoms with van der Waals surface area (Å²) in [6.45, 7) is 11.4. The Labute approximate surface area is 185 Å². The maximum atomic E-state index is 12.0. The lowest BCUT2D eigenvalue weighted by Crippen LogP contribution is -2.55. The van der Waals surface area contributed by atoms with Crippen LogP contribution < -0.4 is 5.32 Å². The van der Waals surface area contributed by atoms with Gasteiger partial charge in [0.2, 0.25) is 5.91 Å². The summed E-state index contributed by atoms with van der Waals surface area (Å²) in [4.78, 5) is 17.7. The second-order valence-electron chi connectivity index (χ2n) is 10.0.